The Kier molecular flexibility index (Phi) is 5.62. The number of nitrogens with zero attached hydrogens (tertiary/aromatic N) is 1. The lowest BCUT2D eigenvalue weighted by molar-refractivity contribution is 0.0696. The molecule has 0 spiro atoms. The monoisotopic (exact) mass is 283 g/mol. The molecule has 1 N–H and O–H groups in total. The van der Waals surface area contributed by atoms with Crippen molar-refractivity contribution >= 4 is 35.8 Å². The van der Waals surface area contributed by atoms with Gasteiger partial charge in [-0.1, -0.05) is 18.3 Å². The molecule has 0 aliphatic carbocycles. The first-order chi connectivity index (χ1) is 8.54. The quantitative estimate of drug-likeness (QED) is 0.644. The van der Waals surface area contributed by atoms with Gasteiger partial charge < -0.3 is 10.0 Å². The Balaban J connectivity index is 3.12. The van der Waals surface area contributed by atoms with Crippen molar-refractivity contribution in [1.29, 1.82) is 0 Å². The van der Waals surface area contributed by atoms with Crippen molar-refractivity contribution in [3.05, 3.63) is 34.9 Å². The van der Waals surface area contributed by atoms with Gasteiger partial charge in [-0.2, -0.15) is 12.6 Å². The van der Waals surface area contributed by atoms with E-state index in [2.05, 4.69) is 17.5 Å². The molecule has 0 unspecified atom stereocenters. The van der Waals surface area contributed by atoms with Gasteiger partial charge in [0.2, 0.25) is 0 Å². The zero-order chi connectivity index (χ0) is 13.7. The van der Waals surface area contributed by atoms with Crippen molar-refractivity contribution in [3.63, 3.8) is 0 Å². The van der Waals surface area contributed by atoms with Crippen LogP contribution in [-0.4, -0.2) is 34.1 Å². The van der Waals surface area contributed by atoms with Crippen LogP contribution in [0.4, 0.5) is 0 Å². The molecule has 0 aliphatic heterocycles. The number of rotatable bonds is 5. The van der Waals surface area contributed by atoms with E-state index in [4.69, 9.17) is 17.3 Å². The number of carboxylic acid groups (broad SMARTS) is 1. The van der Waals surface area contributed by atoms with Crippen molar-refractivity contribution in [3.8, 4) is 0 Å². The Morgan fingerprint density at radius 3 is 2.44 bits per heavy atom. The van der Waals surface area contributed by atoms with Crippen LogP contribution in [0.25, 0.3) is 0 Å². The molecule has 1 aromatic carbocycles. The molecule has 0 fully saturated rings. The third-order valence-electron chi connectivity index (χ3n) is 2.80. The Hall–Kier alpha value is -1.07. The van der Waals surface area contributed by atoms with E-state index in [1.54, 1.807) is 12.1 Å². The number of hydrogen-bond acceptors (Lipinski definition) is 3. The van der Waals surface area contributed by atoms with E-state index in [1.165, 1.54) is 0 Å². The number of hydrogen-bond donors (Lipinski definition) is 2. The van der Waals surface area contributed by atoms with Crippen LogP contribution >= 0.6 is 24.8 Å². The summed E-state index contributed by atoms with van der Waals surface area (Å²) < 4.78 is 0. The summed E-state index contributed by atoms with van der Waals surface area (Å²) in [7, 11) is 0. The average molecular weight is 283 g/mol. The second-order valence-corrected chi connectivity index (χ2v) is 4.52. The number of thiocarbonyl (C=S) groups is 1. The topological polar surface area (TPSA) is 40.5 Å². The van der Waals surface area contributed by atoms with E-state index >= 15 is 0 Å². The molecule has 0 atom stereocenters. The first-order valence-corrected chi connectivity index (χ1v) is 6.85. The minimum absolute atomic E-state index is 0.288. The van der Waals surface area contributed by atoms with Gasteiger partial charge in [-0.05, 0) is 31.5 Å². The van der Waals surface area contributed by atoms with Crippen LogP contribution in [0.2, 0.25) is 0 Å². The maximum absolute atomic E-state index is 11.0. The summed E-state index contributed by atoms with van der Waals surface area (Å²) in [5.74, 6) is -0.546. The number of carboxylic acids is 1. The first-order valence-electron chi connectivity index (χ1n) is 5.81. The van der Waals surface area contributed by atoms with Gasteiger partial charge in [-0.25, -0.2) is 4.79 Å². The van der Waals surface area contributed by atoms with Crippen LogP contribution in [-0.2, 0) is 5.75 Å². The summed E-state index contributed by atoms with van der Waals surface area (Å²) in [5, 5.41) is 9.05. The van der Waals surface area contributed by atoms with Gasteiger partial charge in [-0.3, -0.25) is 0 Å². The maximum atomic E-state index is 11.0. The minimum atomic E-state index is -0.931. The van der Waals surface area contributed by atoms with Crippen LogP contribution < -0.4 is 0 Å². The summed E-state index contributed by atoms with van der Waals surface area (Å²) in [4.78, 5) is 13.8. The molecule has 0 aromatic heterocycles. The molecular weight excluding hydrogens is 266 g/mol. The van der Waals surface area contributed by atoms with E-state index < -0.39 is 5.97 Å². The van der Waals surface area contributed by atoms with Crippen LogP contribution in [0.3, 0.4) is 0 Å². The number of thiol groups is 1. The molecule has 0 bridgehead atoms. The fraction of sp³-hybridized carbons (Fsp3) is 0.385. The summed E-state index contributed by atoms with van der Waals surface area (Å²) in [6.45, 7) is 5.76. The zero-order valence-electron chi connectivity index (χ0n) is 10.5. The molecule has 1 aromatic rings. The van der Waals surface area contributed by atoms with Gasteiger partial charge in [-0.15, -0.1) is 0 Å². The minimum Gasteiger partial charge on any atom is -0.478 e. The SMILES string of the molecule is CCN(CC)C(=S)c1ccc(C(=O)O)c(CS)c1. The lowest BCUT2D eigenvalue weighted by Crippen LogP contribution is -2.29. The largest absolute Gasteiger partial charge is 0.478 e. The molecule has 1 rings (SSSR count). The molecule has 0 aliphatic rings. The van der Waals surface area contributed by atoms with Gasteiger partial charge in [0.1, 0.15) is 4.99 Å². The normalized spacial score (nSPS) is 10.2. The van der Waals surface area contributed by atoms with Crippen molar-refractivity contribution in [1.82, 2.24) is 4.90 Å². The van der Waals surface area contributed by atoms with E-state index in [-0.39, 0.29) is 5.56 Å². The Morgan fingerprint density at radius 2 is 2.00 bits per heavy atom. The van der Waals surface area contributed by atoms with Gasteiger partial charge in [0.25, 0.3) is 0 Å². The maximum Gasteiger partial charge on any atom is 0.335 e. The van der Waals surface area contributed by atoms with E-state index in [0.29, 0.717) is 11.3 Å². The van der Waals surface area contributed by atoms with Gasteiger partial charge in [0.05, 0.1) is 5.56 Å². The Bertz CT molecular complexity index is 456. The van der Waals surface area contributed by atoms with Gasteiger partial charge in [0, 0.05) is 24.4 Å². The lowest BCUT2D eigenvalue weighted by Gasteiger charge is -2.22. The highest BCUT2D eigenvalue weighted by molar-refractivity contribution is 7.80. The van der Waals surface area contributed by atoms with E-state index in [9.17, 15) is 4.79 Å². The molecule has 0 radical (unpaired) electrons. The second kappa shape index (κ2) is 6.75. The Morgan fingerprint density at radius 1 is 1.39 bits per heavy atom. The molecule has 98 valence electrons. The van der Waals surface area contributed by atoms with Crippen molar-refractivity contribution < 1.29 is 9.90 Å². The lowest BCUT2D eigenvalue weighted by atomic mass is 10.0. The van der Waals surface area contributed by atoms with Crippen molar-refractivity contribution in [2.75, 3.05) is 13.1 Å². The van der Waals surface area contributed by atoms with Crippen LogP contribution in [0.15, 0.2) is 18.2 Å². The molecule has 0 saturated heterocycles. The first kappa shape index (κ1) is 15.0. The summed E-state index contributed by atoms with van der Waals surface area (Å²) in [6.07, 6.45) is 0. The van der Waals surface area contributed by atoms with Gasteiger partial charge >= 0.3 is 5.97 Å². The number of aromatic carboxylic acids is 1. The molecule has 5 heteroatoms. The molecule has 3 nitrogen and oxygen atoms in total. The van der Waals surface area contributed by atoms with E-state index in [0.717, 1.165) is 23.6 Å². The molecule has 0 heterocycles. The summed E-state index contributed by atoms with van der Waals surface area (Å²) in [5.41, 5.74) is 1.86. The highest BCUT2D eigenvalue weighted by Crippen LogP contribution is 2.16. The van der Waals surface area contributed by atoms with Gasteiger partial charge in [0.15, 0.2) is 0 Å². The fourth-order valence-corrected chi connectivity index (χ4v) is 2.41. The van der Waals surface area contributed by atoms with Crippen LogP contribution in [0, 0.1) is 0 Å². The van der Waals surface area contributed by atoms with Crippen molar-refractivity contribution in [2.45, 2.75) is 19.6 Å². The smallest absolute Gasteiger partial charge is 0.335 e. The highest BCUT2D eigenvalue weighted by atomic mass is 32.1. The predicted molar refractivity (Wildman–Crippen MR) is 80.7 cm³/mol. The van der Waals surface area contributed by atoms with Crippen molar-refractivity contribution in [2.24, 2.45) is 0 Å². The van der Waals surface area contributed by atoms with Crippen LogP contribution in [0.5, 0.6) is 0 Å². The summed E-state index contributed by atoms with van der Waals surface area (Å²) >= 11 is 9.58. The third-order valence-corrected chi connectivity index (χ3v) is 3.64. The van der Waals surface area contributed by atoms with Crippen LogP contribution in [0.1, 0.15) is 35.3 Å². The Labute approximate surface area is 118 Å². The second-order valence-electron chi connectivity index (χ2n) is 3.81. The fourth-order valence-electron chi connectivity index (χ4n) is 1.76. The number of benzene rings is 1. The zero-order valence-corrected chi connectivity index (χ0v) is 12.2. The summed E-state index contributed by atoms with van der Waals surface area (Å²) in [6, 6.07) is 5.17. The van der Waals surface area contributed by atoms with E-state index in [1.807, 2.05) is 19.9 Å². The molecule has 0 saturated carbocycles. The standard InChI is InChI=1S/C13H17NO2S2/c1-3-14(4-2)12(18)9-5-6-11(13(15)16)10(7-9)8-17/h5-7,17H,3-4,8H2,1-2H3,(H,15,16). The third kappa shape index (κ3) is 3.23. The number of carbonyl (C=O) groups is 1. The molecular formula is C13H17NO2S2. The molecule has 18 heavy (non-hydrogen) atoms. The average Bonchev–Trinajstić information content (AvgIpc) is 2.39. The predicted octanol–water partition coefficient (Wildman–Crippen LogP) is 2.83. The highest BCUT2D eigenvalue weighted by Gasteiger charge is 2.13. The molecule has 0 amide bonds.